The van der Waals surface area contributed by atoms with Crippen LogP contribution in [0, 0.1) is 0 Å². The second kappa shape index (κ2) is 7.55. The first-order chi connectivity index (χ1) is 12.5. The van der Waals surface area contributed by atoms with Crippen molar-refractivity contribution in [3.8, 4) is 23.0 Å². The van der Waals surface area contributed by atoms with Crippen LogP contribution in [0.1, 0.15) is 22.0 Å². The lowest BCUT2D eigenvalue weighted by Crippen LogP contribution is -2.10. The number of benzene rings is 2. The number of halogens is 1. The minimum atomic E-state index is -0.553. The quantitative estimate of drug-likeness (QED) is 0.499. The van der Waals surface area contributed by atoms with E-state index in [4.69, 9.17) is 23.7 Å². The molecule has 138 valence electrons. The number of Topliss-reactive ketones (excluding diaryl/α,β-unsaturated/α-hetero) is 1. The molecule has 3 rings (SSSR count). The Kier molecular flexibility index (Phi) is 5.38. The highest BCUT2D eigenvalue weighted by atomic mass is 79.9. The maximum Gasteiger partial charge on any atom is 0.195 e. The largest absolute Gasteiger partial charge is 0.493 e. The summed E-state index contributed by atoms with van der Waals surface area (Å²) in [6, 6.07) is 8.84. The van der Waals surface area contributed by atoms with Gasteiger partial charge in [0.25, 0.3) is 0 Å². The van der Waals surface area contributed by atoms with Crippen LogP contribution in [0.3, 0.4) is 0 Å². The molecule has 1 fully saturated rings. The van der Waals surface area contributed by atoms with Gasteiger partial charge in [0, 0.05) is 10.0 Å². The molecule has 0 radical (unpaired) electrons. The van der Waals surface area contributed by atoms with E-state index in [0.717, 1.165) is 5.56 Å². The fraction of sp³-hybridized carbons (Fsp3) is 0.316. The van der Waals surface area contributed by atoms with Gasteiger partial charge in [-0.05, 0) is 45.8 Å². The van der Waals surface area contributed by atoms with E-state index < -0.39 is 6.10 Å². The van der Waals surface area contributed by atoms with E-state index in [-0.39, 0.29) is 11.9 Å². The van der Waals surface area contributed by atoms with Crippen molar-refractivity contribution in [2.75, 3.05) is 28.4 Å². The molecule has 7 heteroatoms. The molecule has 6 nitrogen and oxygen atoms in total. The molecule has 0 unspecified atom stereocenters. The summed E-state index contributed by atoms with van der Waals surface area (Å²) in [6.45, 7) is 0. The van der Waals surface area contributed by atoms with Gasteiger partial charge in [-0.1, -0.05) is 6.07 Å². The summed E-state index contributed by atoms with van der Waals surface area (Å²) < 4.78 is 27.3. The Morgan fingerprint density at radius 1 is 0.885 bits per heavy atom. The minimum absolute atomic E-state index is 0.127. The van der Waals surface area contributed by atoms with Gasteiger partial charge >= 0.3 is 0 Å². The van der Waals surface area contributed by atoms with Crippen LogP contribution in [0.4, 0.5) is 0 Å². The van der Waals surface area contributed by atoms with Crippen LogP contribution in [0.2, 0.25) is 0 Å². The van der Waals surface area contributed by atoms with Crippen LogP contribution >= 0.6 is 15.9 Å². The summed E-state index contributed by atoms with van der Waals surface area (Å²) in [4.78, 5) is 12.8. The Balaban J connectivity index is 1.83. The van der Waals surface area contributed by atoms with Crippen molar-refractivity contribution < 1.29 is 28.5 Å². The summed E-state index contributed by atoms with van der Waals surface area (Å²) in [5, 5.41) is 0. The van der Waals surface area contributed by atoms with E-state index in [9.17, 15) is 4.79 Å². The molecule has 1 aliphatic rings. The molecular weight excluding hydrogens is 404 g/mol. The third-order valence-electron chi connectivity index (χ3n) is 4.22. The van der Waals surface area contributed by atoms with Gasteiger partial charge in [0.15, 0.2) is 34.9 Å². The molecule has 0 N–H and O–H groups in total. The first kappa shape index (κ1) is 18.5. The van der Waals surface area contributed by atoms with Crippen molar-refractivity contribution in [1.82, 2.24) is 0 Å². The number of rotatable bonds is 7. The fourth-order valence-electron chi connectivity index (χ4n) is 2.79. The molecular formula is C19H19BrO6. The number of methoxy groups -OCH3 is 4. The van der Waals surface area contributed by atoms with E-state index in [1.165, 1.54) is 7.11 Å². The summed E-state index contributed by atoms with van der Waals surface area (Å²) in [7, 11) is 6.22. The van der Waals surface area contributed by atoms with Crippen molar-refractivity contribution in [3.63, 3.8) is 0 Å². The zero-order valence-corrected chi connectivity index (χ0v) is 16.5. The number of ketones is 1. The van der Waals surface area contributed by atoms with Gasteiger partial charge in [0.2, 0.25) is 0 Å². The van der Waals surface area contributed by atoms with Crippen LogP contribution in [-0.2, 0) is 4.74 Å². The molecule has 0 amide bonds. The molecule has 26 heavy (non-hydrogen) atoms. The smallest absolute Gasteiger partial charge is 0.195 e. The summed E-state index contributed by atoms with van der Waals surface area (Å²) in [5.41, 5.74) is 1.34. The highest BCUT2D eigenvalue weighted by molar-refractivity contribution is 9.10. The molecule has 1 saturated heterocycles. The SMILES string of the molecule is COc1ccc([C@H]2O[C@H]2C(=O)c2cc(OC)c(OC)cc2Br)cc1OC. The maximum absolute atomic E-state index is 12.8. The van der Waals surface area contributed by atoms with E-state index in [1.807, 2.05) is 12.1 Å². The van der Waals surface area contributed by atoms with Crippen LogP contribution in [-0.4, -0.2) is 40.3 Å². The van der Waals surface area contributed by atoms with E-state index in [2.05, 4.69) is 15.9 Å². The summed E-state index contributed by atoms with van der Waals surface area (Å²) in [6.07, 6.45) is -0.871. The number of carbonyl (C=O) groups excluding carboxylic acids is 1. The molecule has 1 aliphatic heterocycles. The van der Waals surface area contributed by atoms with Gasteiger partial charge < -0.3 is 23.7 Å². The van der Waals surface area contributed by atoms with Crippen molar-refractivity contribution in [2.24, 2.45) is 0 Å². The van der Waals surface area contributed by atoms with Crippen molar-refractivity contribution in [2.45, 2.75) is 12.2 Å². The molecule has 0 aromatic heterocycles. The van der Waals surface area contributed by atoms with E-state index in [1.54, 1.807) is 39.5 Å². The lowest BCUT2D eigenvalue weighted by Gasteiger charge is -2.11. The number of carbonyl (C=O) groups is 1. The van der Waals surface area contributed by atoms with Gasteiger partial charge in [-0.2, -0.15) is 0 Å². The first-order valence-corrected chi connectivity index (χ1v) is 8.66. The van der Waals surface area contributed by atoms with Crippen LogP contribution < -0.4 is 18.9 Å². The first-order valence-electron chi connectivity index (χ1n) is 7.87. The Hall–Kier alpha value is -2.25. The maximum atomic E-state index is 12.8. The predicted octanol–water partition coefficient (Wildman–Crippen LogP) is 3.81. The third kappa shape index (κ3) is 3.37. The Morgan fingerprint density at radius 3 is 2.08 bits per heavy atom. The minimum Gasteiger partial charge on any atom is -0.493 e. The van der Waals surface area contributed by atoms with Crippen molar-refractivity contribution in [1.29, 1.82) is 0 Å². The van der Waals surface area contributed by atoms with Crippen molar-refractivity contribution in [3.05, 3.63) is 45.9 Å². The molecule has 0 saturated carbocycles. The average Bonchev–Trinajstić information content (AvgIpc) is 3.47. The molecule has 0 spiro atoms. The summed E-state index contributed by atoms with van der Waals surface area (Å²) >= 11 is 3.42. The Morgan fingerprint density at radius 2 is 1.46 bits per heavy atom. The average molecular weight is 423 g/mol. The molecule has 2 aromatic carbocycles. The number of hydrogen-bond donors (Lipinski definition) is 0. The molecule has 2 atom stereocenters. The molecule has 2 aromatic rings. The number of ether oxygens (including phenoxy) is 5. The Labute approximate surface area is 160 Å². The lowest BCUT2D eigenvalue weighted by atomic mass is 10.0. The Bertz CT molecular complexity index is 835. The van der Waals surface area contributed by atoms with Crippen LogP contribution in [0.5, 0.6) is 23.0 Å². The van der Waals surface area contributed by atoms with Gasteiger partial charge in [0.05, 0.1) is 28.4 Å². The highest BCUT2D eigenvalue weighted by Gasteiger charge is 2.47. The molecule has 0 bridgehead atoms. The number of hydrogen-bond acceptors (Lipinski definition) is 6. The standard InChI is InChI=1S/C19H19BrO6/c1-22-13-6-5-10(7-14(13)23-2)18-19(26-18)17(21)11-8-15(24-3)16(25-4)9-12(11)20/h5-9,18-19H,1-4H3/t18-,19+/m1/s1. The lowest BCUT2D eigenvalue weighted by molar-refractivity contribution is 0.0952. The monoisotopic (exact) mass is 422 g/mol. The van der Waals surface area contributed by atoms with E-state index >= 15 is 0 Å². The fourth-order valence-corrected chi connectivity index (χ4v) is 3.31. The third-order valence-corrected chi connectivity index (χ3v) is 4.88. The summed E-state index contributed by atoms with van der Waals surface area (Å²) in [5.74, 6) is 2.13. The second-order valence-corrected chi connectivity index (χ2v) is 6.50. The predicted molar refractivity (Wildman–Crippen MR) is 98.7 cm³/mol. The van der Waals surface area contributed by atoms with Crippen LogP contribution in [0.15, 0.2) is 34.8 Å². The normalized spacial score (nSPS) is 18.2. The topological polar surface area (TPSA) is 66.5 Å². The van der Waals surface area contributed by atoms with E-state index in [0.29, 0.717) is 33.0 Å². The van der Waals surface area contributed by atoms with Crippen LogP contribution in [0.25, 0.3) is 0 Å². The zero-order chi connectivity index (χ0) is 18.8. The van der Waals surface area contributed by atoms with Crippen molar-refractivity contribution >= 4 is 21.7 Å². The highest BCUT2D eigenvalue weighted by Crippen LogP contribution is 2.45. The van der Waals surface area contributed by atoms with Gasteiger partial charge in [-0.3, -0.25) is 4.79 Å². The van der Waals surface area contributed by atoms with Gasteiger partial charge in [0.1, 0.15) is 6.10 Å². The van der Waals surface area contributed by atoms with Gasteiger partial charge in [-0.25, -0.2) is 0 Å². The molecule has 1 heterocycles. The zero-order valence-electron chi connectivity index (χ0n) is 14.9. The number of epoxide rings is 1. The van der Waals surface area contributed by atoms with Gasteiger partial charge in [-0.15, -0.1) is 0 Å². The second-order valence-electron chi connectivity index (χ2n) is 5.64. The molecule has 0 aliphatic carbocycles.